The van der Waals surface area contributed by atoms with Gasteiger partial charge in [-0.2, -0.15) is 8.42 Å². The molecule has 1 amide bonds. The van der Waals surface area contributed by atoms with Crippen molar-refractivity contribution in [2.45, 2.75) is 249 Å². The third kappa shape index (κ3) is 30.3. The van der Waals surface area contributed by atoms with Crippen LogP contribution in [0.25, 0.3) is 0 Å². The maximum atomic E-state index is 13.0. The number of ether oxygens (including phenoxy) is 2. The van der Waals surface area contributed by atoms with E-state index in [0.29, 0.717) is 6.42 Å². The smallest absolute Gasteiger partial charge is 0.394 e. The van der Waals surface area contributed by atoms with Crippen LogP contribution in [0.15, 0.2) is 24.3 Å². The number of nitrogens with one attached hydrogen (secondary N) is 1. The average molecular weight is 862 g/mol. The van der Waals surface area contributed by atoms with Gasteiger partial charge in [-0.25, -0.2) is 4.18 Å². The zero-order valence-corrected chi connectivity index (χ0v) is 37.9. The highest BCUT2D eigenvalue weighted by atomic mass is 32.3. The summed E-state index contributed by atoms with van der Waals surface area (Å²) in [5.74, 6) is -0.267. The fourth-order valence-corrected chi connectivity index (χ4v) is 8.02. The van der Waals surface area contributed by atoms with Crippen LogP contribution in [0.3, 0.4) is 0 Å². The molecule has 1 fully saturated rings. The average Bonchev–Trinajstić information content (AvgIpc) is 3.20. The third-order valence-electron chi connectivity index (χ3n) is 11.2. The van der Waals surface area contributed by atoms with Crippen molar-refractivity contribution < 1.29 is 51.8 Å². The molecule has 0 saturated carbocycles. The molecule has 0 aliphatic carbocycles. The van der Waals surface area contributed by atoms with E-state index < -0.39 is 59.9 Å². The molecule has 1 aliphatic rings. The van der Waals surface area contributed by atoms with E-state index in [1.165, 1.54) is 135 Å². The first-order chi connectivity index (χ1) is 28.5. The Morgan fingerprint density at radius 3 is 1.53 bits per heavy atom. The summed E-state index contributed by atoms with van der Waals surface area (Å²) in [6.45, 7) is 3.38. The minimum atomic E-state index is -5.08. The summed E-state index contributed by atoms with van der Waals surface area (Å²) < 4.78 is 47.6. The number of unbranched alkanes of at least 4 members (excludes halogenated alkanes) is 26. The van der Waals surface area contributed by atoms with Gasteiger partial charge in [-0.3, -0.25) is 9.35 Å². The van der Waals surface area contributed by atoms with Crippen molar-refractivity contribution in [3.8, 4) is 0 Å². The molecule has 1 heterocycles. The standard InChI is InChI=1S/C46H87NO11S/c1-3-5-7-9-11-13-15-17-18-19-20-21-22-24-26-28-30-32-34-36-42(50)47-39(40(49)35-33-31-29-27-25-23-16-14-12-10-8-6-4-2)38-56-46-44(52)45(58-59(53,54)55)43(51)41(37-48)57-46/h19-20,33,35,39-41,43-46,48-49,51-52H,3-18,21-32,34,36-38H2,1-2H3,(H,47,50)(H,53,54,55)/b20-19-,35-33+. The minimum absolute atomic E-state index is 0.265. The van der Waals surface area contributed by atoms with Crippen LogP contribution < -0.4 is 5.32 Å². The zero-order chi connectivity index (χ0) is 43.4. The highest BCUT2D eigenvalue weighted by molar-refractivity contribution is 7.80. The molecule has 0 aromatic rings. The molecule has 0 bridgehead atoms. The summed E-state index contributed by atoms with van der Waals surface area (Å²) in [6, 6.07) is -0.943. The summed E-state index contributed by atoms with van der Waals surface area (Å²) in [5, 5.41) is 44.7. The van der Waals surface area contributed by atoms with Gasteiger partial charge in [-0.15, -0.1) is 0 Å². The van der Waals surface area contributed by atoms with Gasteiger partial charge >= 0.3 is 10.4 Å². The Labute approximate surface area is 359 Å². The molecule has 0 spiro atoms. The van der Waals surface area contributed by atoms with Crippen molar-refractivity contribution in [1.82, 2.24) is 5.32 Å². The number of carbonyl (C=O) groups excluding carboxylic acids is 1. The molecular formula is C46H87NO11S. The number of aliphatic hydroxyl groups excluding tert-OH is 4. The van der Waals surface area contributed by atoms with Crippen molar-refractivity contribution in [3.63, 3.8) is 0 Å². The summed E-state index contributed by atoms with van der Waals surface area (Å²) in [4.78, 5) is 13.0. The number of aliphatic hydroxyl groups is 4. The number of rotatable bonds is 40. The maximum Gasteiger partial charge on any atom is 0.397 e. The number of hydrogen-bond acceptors (Lipinski definition) is 10. The van der Waals surface area contributed by atoms with E-state index in [4.69, 9.17) is 9.47 Å². The Kier molecular flexibility index (Phi) is 35.0. The largest absolute Gasteiger partial charge is 0.397 e. The number of allylic oxidation sites excluding steroid dienone is 3. The lowest BCUT2D eigenvalue weighted by Gasteiger charge is -2.41. The van der Waals surface area contributed by atoms with E-state index in [0.717, 1.165) is 44.9 Å². The van der Waals surface area contributed by atoms with E-state index in [9.17, 15) is 38.2 Å². The van der Waals surface area contributed by atoms with Crippen molar-refractivity contribution >= 4 is 16.3 Å². The number of hydrogen-bond donors (Lipinski definition) is 6. The highest BCUT2D eigenvalue weighted by Crippen LogP contribution is 2.26. The van der Waals surface area contributed by atoms with Gasteiger partial charge < -0.3 is 35.2 Å². The lowest BCUT2D eigenvalue weighted by molar-refractivity contribution is -0.298. The normalized spacial score (nSPS) is 21.1. The second-order valence-electron chi connectivity index (χ2n) is 16.7. The number of amides is 1. The Balaban J connectivity index is 2.49. The molecule has 6 N–H and O–H groups in total. The van der Waals surface area contributed by atoms with Crippen molar-refractivity contribution in [2.24, 2.45) is 0 Å². The fourth-order valence-electron chi connectivity index (χ4n) is 7.51. The van der Waals surface area contributed by atoms with Gasteiger partial charge in [0.15, 0.2) is 6.29 Å². The molecule has 0 radical (unpaired) electrons. The maximum absolute atomic E-state index is 13.0. The highest BCUT2D eigenvalue weighted by Gasteiger charge is 2.48. The van der Waals surface area contributed by atoms with Gasteiger partial charge in [0.1, 0.15) is 24.4 Å². The van der Waals surface area contributed by atoms with E-state index in [2.05, 4.69) is 35.5 Å². The molecule has 0 aromatic carbocycles. The number of carbonyl (C=O) groups is 1. The van der Waals surface area contributed by atoms with Gasteiger partial charge in [0.05, 0.1) is 25.4 Å². The van der Waals surface area contributed by atoms with E-state index >= 15 is 0 Å². The predicted molar refractivity (Wildman–Crippen MR) is 236 cm³/mol. The summed E-state index contributed by atoms with van der Waals surface area (Å²) >= 11 is 0. The van der Waals surface area contributed by atoms with Crippen molar-refractivity contribution in [1.29, 1.82) is 0 Å². The molecule has 348 valence electrons. The SMILES string of the molecule is CCCCCCCCCC/C=C\CCCCCCCCCC(=O)NC(COC1OC(CO)C(O)C(OS(=O)(=O)O)C1O)C(O)/C=C/CCCCCCCCCCCCC. The molecule has 1 aliphatic heterocycles. The molecule has 13 heteroatoms. The zero-order valence-electron chi connectivity index (χ0n) is 37.1. The van der Waals surface area contributed by atoms with E-state index in [1.807, 2.05) is 6.08 Å². The third-order valence-corrected chi connectivity index (χ3v) is 11.7. The molecule has 7 atom stereocenters. The van der Waals surface area contributed by atoms with Crippen LogP contribution in [0, 0.1) is 0 Å². The van der Waals surface area contributed by atoms with Gasteiger partial charge in [-0.05, 0) is 44.9 Å². The quantitative estimate of drug-likeness (QED) is 0.0195. The molecule has 59 heavy (non-hydrogen) atoms. The first-order valence-electron chi connectivity index (χ1n) is 23.7. The fraction of sp³-hybridized carbons (Fsp3) is 0.891. The van der Waals surface area contributed by atoms with Crippen LogP contribution in [-0.2, 0) is 28.9 Å². The van der Waals surface area contributed by atoms with E-state index in [-0.39, 0.29) is 18.9 Å². The Bertz CT molecular complexity index is 1150. The van der Waals surface area contributed by atoms with Crippen molar-refractivity contribution in [3.05, 3.63) is 24.3 Å². The predicted octanol–water partition coefficient (Wildman–Crippen LogP) is 9.33. The van der Waals surface area contributed by atoms with Gasteiger partial charge in [0, 0.05) is 6.42 Å². The van der Waals surface area contributed by atoms with Gasteiger partial charge in [-0.1, -0.05) is 179 Å². The van der Waals surface area contributed by atoms with Crippen LogP contribution in [0.5, 0.6) is 0 Å². The van der Waals surface area contributed by atoms with E-state index in [1.54, 1.807) is 6.08 Å². The monoisotopic (exact) mass is 862 g/mol. The minimum Gasteiger partial charge on any atom is -0.394 e. The second kappa shape index (κ2) is 37.2. The molecule has 1 saturated heterocycles. The topological polar surface area (TPSA) is 192 Å². The van der Waals surface area contributed by atoms with Crippen LogP contribution >= 0.6 is 0 Å². The van der Waals surface area contributed by atoms with Crippen molar-refractivity contribution in [2.75, 3.05) is 13.2 Å². The van der Waals surface area contributed by atoms with Crippen LogP contribution in [-0.4, -0.2) is 95.4 Å². The Morgan fingerprint density at radius 2 is 1.08 bits per heavy atom. The lowest BCUT2D eigenvalue weighted by atomic mass is 9.99. The molecular weight excluding hydrogens is 775 g/mol. The second-order valence-corrected chi connectivity index (χ2v) is 17.7. The Morgan fingerprint density at radius 1 is 0.661 bits per heavy atom. The summed E-state index contributed by atoms with van der Waals surface area (Å²) in [5.41, 5.74) is 0. The first-order valence-corrected chi connectivity index (χ1v) is 25.1. The molecule has 0 aromatic heterocycles. The lowest BCUT2D eigenvalue weighted by Crippen LogP contribution is -2.61. The summed E-state index contributed by atoms with van der Waals surface area (Å²) in [6.07, 6.45) is 33.6. The summed E-state index contributed by atoms with van der Waals surface area (Å²) in [7, 11) is -5.08. The molecule has 12 nitrogen and oxygen atoms in total. The van der Waals surface area contributed by atoms with Crippen LogP contribution in [0.1, 0.15) is 206 Å². The first kappa shape index (κ1) is 55.6. The van der Waals surface area contributed by atoms with Crippen LogP contribution in [0.2, 0.25) is 0 Å². The molecule has 1 rings (SSSR count). The Hall–Kier alpha value is -1.42. The molecule has 7 unspecified atom stereocenters. The van der Waals surface area contributed by atoms with Crippen LogP contribution in [0.4, 0.5) is 0 Å². The van der Waals surface area contributed by atoms with Gasteiger partial charge in [0.25, 0.3) is 0 Å². The van der Waals surface area contributed by atoms with Gasteiger partial charge in [0.2, 0.25) is 5.91 Å².